The number of benzene rings is 2. The second-order valence-corrected chi connectivity index (χ2v) is 8.24. The molecule has 1 N–H and O–H groups in total. The summed E-state index contributed by atoms with van der Waals surface area (Å²) in [7, 11) is 6.28. The molecule has 0 aliphatic carbocycles. The summed E-state index contributed by atoms with van der Waals surface area (Å²) in [5, 5.41) is 1.63. The molecule has 0 radical (unpaired) electrons. The molecular weight excluding hydrogens is 457 g/mol. The number of hydrogen-bond donors (Lipinski definition) is 1. The molecule has 0 spiro atoms. The maximum absolute atomic E-state index is 11.7. The van der Waals surface area contributed by atoms with E-state index in [0.717, 1.165) is 28.5 Å². The van der Waals surface area contributed by atoms with E-state index in [2.05, 4.69) is 5.32 Å². The number of imide groups is 1. The van der Waals surface area contributed by atoms with Crippen LogP contribution in [0, 0.1) is 6.92 Å². The number of methoxy groups -OCH3 is 4. The molecule has 0 aromatic heterocycles. The quantitative estimate of drug-likeness (QED) is 0.514. The van der Waals surface area contributed by atoms with Crippen LogP contribution in [0.3, 0.4) is 0 Å². The number of amides is 2. The molecule has 1 aliphatic heterocycles. The number of rotatable bonds is 10. The van der Waals surface area contributed by atoms with E-state index in [-0.39, 0.29) is 46.0 Å². The molecule has 1 atom stereocenters. The Hall–Kier alpha value is -2.07. The monoisotopic (exact) mass is 485 g/mol. The first-order valence-electron chi connectivity index (χ1n) is 10.0. The number of thioether (sulfide) groups is 1. The number of ether oxygens (including phenoxy) is 5. The average Bonchev–Trinajstić information content (AvgIpc) is 3.11. The van der Waals surface area contributed by atoms with E-state index < -0.39 is 0 Å². The van der Waals surface area contributed by atoms with Crippen LogP contribution >= 0.6 is 11.8 Å². The first kappa shape index (κ1) is 27.2. The summed E-state index contributed by atoms with van der Waals surface area (Å²) in [5.74, 6) is 2.61. The van der Waals surface area contributed by atoms with E-state index in [9.17, 15) is 9.59 Å². The fraction of sp³-hybridized carbons (Fsp3) is 0.391. The van der Waals surface area contributed by atoms with Gasteiger partial charge in [-0.25, -0.2) is 0 Å². The minimum atomic E-state index is -0.384. The molecule has 0 bridgehead atoms. The zero-order valence-corrected chi connectivity index (χ0v) is 19.6. The minimum absolute atomic E-state index is 0. The van der Waals surface area contributed by atoms with Gasteiger partial charge in [-0.15, -0.1) is 0 Å². The zero-order valence-electron chi connectivity index (χ0n) is 18.8. The Balaban J connectivity index is 0.00000385. The van der Waals surface area contributed by atoms with Gasteiger partial charge < -0.3 is 23.7 Å². The molecule has 2 amide bonds. The third kappa shape index (κ3) is 6.09. The first-order chi connectivity index (χ1) is 15.4. The molecule has 1 fully saturated rings. The van der Waals surface area contributed by atoms with E-state index in [1.807, 2.05) is 31.2 Å². The van der Waals surface area contributed by atoms with E-state index in [1.54, 1.807) is 28.4 Å². The van der Waals surface area contributed by atoms with Crippen LogP contribution in [0.25, 0.3) is 0 Å². The Labute approximate surface area is 219 Å². The Bertz CT molecular complexity index is 998. The van der Waals surface area contributed by atoms with Crippen LogP contribution in [0.4, 0.5) is 4.79 Å². The molecule has 8 nitrogen and oxygen atoms in total. The van der Waals surface area contributed by atoms with Crippen molar-refractivity contribution in [3.63, 3.8) is 0 Å². The Morgan fingerprint density at radius 3 is 1.97 bits per heavy atom. The van der Waals surface area contributed by atoms with Gasteiger partial charge >= 0.3 is 29.6 Å². The van der Waals surface area contributed by atoms with Crippen LogP contribution in [0.5, 0.6) is 28.7 Å². The summed E-state index contributed by atoms with van der Waals surface area (Å²) in [5.41, 5.74) is 2.76. The summed E-state index contributed by atoms with van der Waals surface area (Å²) < 4.78 is 28.1. The first-order valence-corrected chi connectivity index (χ1v) is 10.9. The summed E-state index contributed by atoms with van der Waals surface area (Å²) in [6.07, 6.45) is 1.05. The molecule has 3 rings (SSSR count). The van der Waals surface area contributed by atoms with Crippen molar-refractivity contribution in [3.05, 3.63) is 41.0 Å². The van der Waals surface area contributed by atoms with Gasteiger partial charge in [-0.05, 0) is 31.0 Å². The van der Waals surface area contributed by atoms with E-state index >= 15 is 0 Å². The van der Waals surface area contributed by atoms with Crippen molar-refractivity contribution >= 4 is 52.5 Å². The maximum atomic E-state index is 11.7. The summed E-state index contributed by atoms with van der Waals surface area (Å²) >= 11 is 1.03. The standard InChI is InChI=1S/C23H27NO7S.Na.H/c1-13-16(19(28-3)21(30-5)20(29-4)18(13)27-2)10-11-31-15-8-6-14(7-9-15)12-17-22(25)24-23(26)32-17;;/h6-9,17H,10-12H2,1-5H3,(H,24,25,26);;. The third-order valence-corrected chi connectivity index (χ3v) is 6.22. The summed E-state index contributed by atoms with van der Waals surface area (Å²) in [6, 6.07) is 7.51. The molecule has 2 aromatic carbocycles. The molecular formula is C23H28NNaO7S. The molecule has 1 saturated heterocycles. The van der Waals surface area contributed by atoms with Gasteiger partial charge in [-0.1, -0.05) is 23.9 Å². The number of carbonyl (C=O) groups excluding carboxylic acids is 2. The molecule has 0 saturated carbocycles. The van der Waals surface area contributed by atoms with Crippen molar-refractivity contribution in [2.45, 2.75) is 25.0 Å². The van der Waals surface area contributed by atoms with Crippen molar-refractivity contribution < 1.29 is 33.3 Å². The predicted molar refractivity (Wildman–Crippen MR) is 129 cm³/mol. The van der Waals surface area contributed by atoms with Crippen LogP contribution in [0.1, 0.15) is 16.7 Å². The molecule has 2 aromatic rings. The molecule has 1 unspecified atom stereocenters. The molecule has 33 heavy (non-hydrogen) atoms. The van der Waals surface area contributed by atoms with Crippen LogP contribution in [0.2, 0.25) is 0 Å². The normalized spacial score (nSPS) is 14.9. The predicted octanol–water partition coefficient (Wildman–Crippen LogP) is 2.90. The fourth-order valence-electron chi connectivity index (χ4n) is 3.69. The van der Waals surface area contributed by atoms with Gasteiger partial charge in [0.15, 0.2) is 11.5 Å². The second-order valence-electron chi connectivity index (χ2n) is 7.07. The van der Waals surface area contributed by atoms with Crippen LogP contribution in [-0.4, -0.2) is 81.0 Å². The van der Waals surface area contributed by atoms with Crippen LogP contribution < -0.4 is 29.0 Å². The Morgan fingerprint density at radius 2 is 1.45 bits per heavy atom. The number of nitrogens with one attached hydrogen (secondary N) is 1. The van der Waals surface area contributed by atoms with Gasteiger partial charge in [0, 0.05) is 17.5 Å². The van der Waals surface area contributed by atoms with Crippen molar-refractivity contribution in [2.75, 3.05) is 35.0 Å². The summed E-state index contributed by atoms with van der Waals surface area (Å²) in [4.78, 5) is 23.0. The Kier molecular flexibility index (Phi) is 10.2. The van der Waals surface area contributed by atoms with Crippen molar-refractivity contribution in [3.8, 4) is 28.7 Å². The second kappa shape index (κ2) is 12.4. The van der Waals surface area contributed by atoms with Gasteiger partial charge in [0.2, 0.25) is 17.4 Å². The number of carbonyl (C=O) groups is 2. The molecule has 174 valence electrons. The van der Waals surface area contributed by atoms with Crippen LogP contribution in [-0.2, 0) is 17.6 Å². The van der Waals surface area contributed by atoms with Gasteiger partial charge in [-0.2, -0.15) is 0 Å². The zero-order chi connectivity index (χ0) is 23.3. The molecule has 1 heterocycles. The number of hydrogen-bond acceptors (Lipinski definition) is 8. The van der Waals surface area contributed by atoms with Crippen LogP contribution in [0.15, 0.2) is 24.3 Å². The fourth-order valence-corrected chi connectivity index (χ4v) is 4.55. The SMILES string of the molecule is COc1c(C)c(CCOc2ccc(CC3SC(=O)NC3=O)cc2)c(OC)c(OC)c1OC.[NaH]. The molecule has 1 aliphatic rings. The van der Waals surface area contributed by atoms with Crippen molar-refractivity contribution in [1.82, 2.24) is 5.32 Å². The topological polar surface area (TPSA) is 92.3 Å². The summed E-state index contributed by atoms with van der Waals surface area (Å²) in [6.45, 7) is 2.35. The van der Waals surface area contributed by atoms with E-state index in [0.29, 0.717) is 48.2 Å². The Morgan fingerprint density at radius 1 is 0.879 bits per heavy atom. The third-order valence-electron chi connectivity index (χ3n) is 5.23. The van der Waals surface area contributed by atoms with Crippen molar-refractivity contribution in [2.24, 2.45) is 0 Å². The van der Waals surface area contributed by atoms with Gasteiger partial charge in [0.1, 0.15) is 5.75 Å². The van der Waals surface area contributed by atoms with Gasteiger partial charge in [0.25, 0.3) is 5.24 Å². The average molecular weight is 486 g/mol. The van der Waals surface area contributed by atoms with Gasteiger partial charge in [-0.3, -0.25) is 14.9 Å². The van der Waals surface area contributed by atoms with E-state index in [4.69, 9.17) is 23.7 Å². The molecule has 10 heteroatoms. The van der Waals surface area contributed by atoms with Crippen molar-refractivity contribution in [1.29, 1.82) is 0 Å². The van der Waals surface area contributed by atoms with Gasteiger partial charge in [0.05, 0.1) is 40.3 Å². The van der Waals surface area contributed by atoms with E-state index in [1.165, 1.54) is 0 Å².